The lowest BCUT2D eigenvalue weighted by Gasteiger charge is -2.45. The van der Waals surface area contributed by atoms with Gasteiger partial charge in [0, 0.05) is 25.7 Å². The van der Waals surface area contributed by atoms with Crippen LogP contribution in [0.5, 0.6) is 5.75 Å². The van der Waals surface area contributed by atoms with Crippen molar-refractivity contribution in [2.75, 3.05) is 20.1 Å². The van der Waals surface area contributed by atoms with Gasteiger partial charge in [-0.15, -0.1) is 0 Å². The highest BCUT2D eigenvalue weighted by Crippen LogP contribution is 2.36. The first-order valence-electron chi connectivity index (χ1n) is 9.54. The fourth-order valence-corrected chi connectivity index (χ4v) is 4.12. The van der Waals surface area contributed by atoms with Gasteiger partial charge >= 0.3 is 0 Å². The van der Waals surface area contributed by atoms with Crippen LogP contribution in [0.15, 0.2) is 64.5 Å². The van der Waals surface area contributed by atoms with Gasteiger partial charge in [-0.05, 0) is 31.4 Å². The zero-order valence-electron chi connectivity index (χ0n) is 15.8. The molecule has 1 N–H and O–H groups in total. The molecule has 0 radical (unpaired) electrons. The minimum Gasteiger partial charge on any atom is -0.507 e. The maximum Gasteiger partial charge on any atom is 0.142 e. The summed E-state index contributed by atoms with van der Waals surface area (Å²) in [4.78, 5) is 9.60. The van der Waals surface area contributed by atoms with Gasteiger partial charge in [0.05, 0.1) is 11.6 Å². The summed E-state index contributed by atoms with van der Waals surface area (Å²) in [6.07, 6.45) is 9.19. The van der Waals surface area contributed by atoms with Gasteiger partial charge in [-0.2, -0.15) is 0 Å². The lowest BCUT2D eigenvalue weighted by Crippen LogP contribution is -2.50. The van der Waals surface area contributed by atoms with Crippen LogP contribution >= 0.6 is 0 Å². The van der Waals surface area contributed by atoms with Crippen LogP contribution in [0.4, 0.5) is 0 Å². The van der Waals surface area contributed by atoms with Crippen molar-refractivity contribution in [1.82, 2.24) is 9.80 Å². The third-order valence-electron chi connectivity index (χ3n) is 5.59. The Labute approximate surface area is 155 Å². The molecule has 1 unspecified atom stereocenters. The van der Waals surface area contributed by atoms with Crippen molar-refractivity contribution in [3.63, 3.8) is 0 Å². The van der Waals surface area contributed by atoms with Gasteiger partial charge in [0.25, 0.3) is 0 Å². The fraction of sp³-hybridized carbons (Fsp3) is 0.409. The average Bonchev–Trinajstić information content (AvgIpc) is 2.60. The molecule has 136 valence electrons. The summed E-state index contributed by atoms with van der Waals surface area (Å²) < 4.78 is 0. The summed E-state index contributed by atoms with van der Waals surface area (Å²) in [6, 6.07) is 7.63. The van der Waals surface area contributed by atoms with Gasteiger partial charge in [0.2, 0.25) is 0 Å². The maximum atomic E-state index is 10.4. The van der Waals surface area contributed by atoms with Gasteiger partial charge in [0.15, 0.2) is 0 Å². The summed E-state index contributed by atoms with van der Waals surface area (Å²) in [5.74, 6) is 2.96. The van der Waals surface area contributed by atoms with Crippen molar-refractivity contribution < 1.29 is 5.11 Å². The molecule has 2 heterocycles. The number of phenolic OH excluding ortho intramolecular Hbond substituents is 1. The first-order chi connectivity index (χ1) is 12.6. The van der Waals surface area contributed by atoms with E-state index in [1.54, 1.807) is 6.07 Å². The van der Waals surface area contributed by atoms with Crippen molar-refractivity contribution >= 4 is 5.84 Å². The van der Waals surface area contributed by atoms with Gasteiger partial charge in [-0.25, -0.2) is 4.99 Å². The number of aliphatic imine (C=N–C) groups is 1. The molecule has 0 saturated carbocycles. The van der Waals surface area contributed by atoms with Crippen LogP contribution in [-0.2, 0) is 0 Å². The summed E-state index contributed by atoms with van der Waals surface area (Å²) in [6.45, 7) is 6.55. The average molecular weight is 349 g/mol. The topological polar surface area (TPSA) is 39.1 Å². The summed E-state index contributed by atoms with van der Waals surface area (Å²) in [7, 11) is 2.06. The van der Waals surface area contributed by atoms with Gasteiger partial charge < -0.3 is 14.9 Å². The summed E-state index contributed by atoms with van der Waals surface area (Å²) >= 11 is 0. The quantitative estimate of drug-likeness (QED) is 0.896. The predicted octanol–water partition coefficient (Wildman–Crippen LogP) is 3.91. The van der Waals surface area contributed by atoms with E-state index in [1.165, 1.54) is 24.0 Å². The molecule has 1 saturated heterocycles. The standard InChI is InChI=1S/C22H27N3O/c1-4-7-16-13-25(14-16)22-17-11-10-15(2)12-19(17)24(3)21(23-22)18-8-5-6-9-20(18)26/h5-6,8-12,16,19,26H,4,7,13-14H2,1-3H3. The Hall–Kier alpha value is -2.49. The molecule has 1 fully saturated rings. The molecule has 1 aromatic carbocycles. The SMILES string of the molecule is CCCC1CN(C2=C3C=CC(C)=CC3N(C)C(c3ccccc3O)=N2)C1. The molecule has 26 heavy (non-hydrogen) atoms. The molecule has 0 amide bonds. The molecule has 0 aromatic heterocycles. The van der Waals surface area contributed by atoms with E-state index >= 15 is 0 Å². The number of likely N-dealkylation sites (N-methyl/N-ethyl adjacent to an activating group) is 1. The Kier molecular flexibility index (Phi) is 4.35. The van der Waals surface area contributed by atoms with E-state index in [4.69, 9.17) is 4.99 Å². The van der Waals surface area contributed by atoms with Crippen LogP contribution in [0.2, 0.25) is 0 Å². The van der Waals surface area contributed by atoms with Crippen LogP contribution in [0, 0.1) is 5.92 Å². The van der Waals surface area contributed by atoms with E-state index in [9.17, 15) is 5.11 Å². The Morgan fingerprint density at radius 2 is 1.96 bits per heavy atom. The summed E-state index contributed by atoms with van der Waals surface area (Å²) in [5.41, 5.74) is 3.31. The first-order valence-corrected chi connectivity index (χ1v) is 9.54. The fourth-order valence-electron chi connectivity index (χ4n) is 4.12. The second kappa shape index (κ2) is 6.67. The maximum absolute atomic E-state index is 10.4. The van der Waals surface area contributed by atoms with E-state index in [1.807, 2.05) is 18.2 Å². The van der Waals surface area contributed by atoms with Gasteiger partial charge in [-0.1, -0.05) is 49.3 Å². The number of benzene rings is 1. The number of rotatable bonds is 4. The Balaban J connectivity index is 1.75. The van der Waals surface area contributed by atoms with E-state index in [2.05, 4.69) is 48.9 Å². The van der Waals surface area contributed by atoms with Gasteiger partial charge in [0.1, 0.15) is 17.4 Å². The van der Waals surface area contributed by atoms with E-state index in [0.29, 0.717) is 0 Å². The third-order valence-corrected chi connectivity index (χ3v) is 5.59. The Morgan fingerprint density at radius 3 is 2.69 bits per heavy atom. The second-order valence-electron chi connectivity index (χ2n) is 7.59. The predicted molar refractivity (Wildman–Crippen MR) is 106 cm³/mol. The number of para-hydroxylation sites is 1. The molecular weight excluding hydrogens is 322 g/mol. The Bertz CT molecular complexity index is 828. The molecule has 4 rings (SSSR count). The second-order valence-corrected chi connectivity index (χ2v) is 7.59. The molecule has 1 aromatic rings. The van der Waals surface area contributed by atoms with Crippen LogP contribution in [0.3, 0.4) is 0 Å². The van der Waals surface area contributed by atoms with Crippen molar-refractivity contribution in [1.29, 1.82) is 0 Å². The lowest BCUT2D eigenvalue weighted by molar-refractivity contribution is 0.129. The van der Waals surface area contributed by atoms with Crippen molar-refractivity contribution in [3.05, 3.63) is 65.0 Å². The highest BCUT2D eigenvalue weighted by molar-refractivity contribution is 6.02. The van der Waals surface area contributed by atoms with Gasteiger partial charge in [-0.3, -0.25) is 0 Å². The molecule has 4 heteroatoms. The Morgan fingerprint density at radius 1 is 1.19 bits per heavy atom. The van der Waals surface area contributed by atoms with E-state index < -0.39 is 0 Å². The van der Waals surface area contributed by atoms with Crippen LogP contribution in [0.1, 0.15) is 32.3 Å². The van der Waals surface area contributed by atoms with Crippen LogP contribution < -0.4 is 0 Å². The normalized spacial score (nSPS) is 22.8. The number of likely N-dealkylation sites (tertiary alicyclic amines) is 1. The minimum atomic E-state index is 0.160. The minimum absolute atomic E-state index is 0.160. The van der Waals surface area contributed by atoms with Crippen molar-refractivity contribution in [2.45, 2.75) is 32.7 Å². The monoisotopic (exact) mass is 349 g/mol. The molecule has 3 aliphatic rings. The molecule has 0 bridgehead atoms. The smallest absolute Gasteiger partial charge is 0.142 e. The largest absolute Gasteiger partial charge is 0.507 e. The number of fused-ring (bicyclic) bond motifs is 1. The first kappa shape index (κ1) is 17.0. The lowest BCUT2D eigenvalue weighted by atomic mass is 9.90. The zero-order chi connectivity index (χ0) is 18.3. The summed E-state index contributed by atoms with van der Waals surface area (Å²) in [5, 5.41) is 10.4. The number of phenols is 1. The van der Waals surface area contributed by atoms with Crippen molar-refractivity contribution in [3.8, 4) is 5.75 Å². The van der Waals surface area contributed by atoms with Crippen molar-refractivity contribution in [2.24, 2.45) is 10.9 Å². The number of allylic oxidation sites excluding steroid dienone is 2. The molecule has 0 spiro atoms. The van der Waals surface area contributed by atoms with Crippen LogP contribution in [0.25, 0.3) is 0 Å². The number of aromatic hydroxyl groups is 1. The molecule has 1 atom stereocenters. The van der Waals surface area contributed by atoms with E-state index in [-0.39, 0.29) is 11.8 Å². The van der Waals surface area contributed by atoms with E-state index in [0.717, 1.165) is 36.2 Å². The van der Waals surface area contributed by atoms with Crippen LogP contribution in [-0.4, -0.2) is 46.9 Å². The highest BCUT2D eigenvalue weighted by Gasteiger charge is 2.36. The molecule has 4 nitrogen and oxygen atoms in total. The molecular formula is C22H27N3O. The number of hydrogen-bond donors (Lipinski definition) is 1. The molecule has 2 aliphatic heterocycles. The molecule has 1 aliphatic carbocycles. The highest BCUT2D eigenvalue weighted by atomic mass is 16.3. The third kappa shape index (κ3) is 2.83. The zero-order valence-corrected chi connectivity index (χ0v) is 15.8. The number of hydrogen-bond acceptors (Lipinski definition) is 4. The number of amidine groups is 1. The number of nitrogens with zero attached hydrogens (tertiary/aromatic N) is 3.